The molecule has 2 rings (SSSR count). The molecule has 1 atom stereocenters. The molecular formula is C15H29N3O. The molecule has 0 aliphatic heterocycles. The first-order valence-corrected chi connectivity index (χ1v) is 7.79. The van der Waals surface area contributed by atoms with Crippen molar-refractivity contribution in [2.24, 2.45) is 5.73 Å². The molecule has 0 heterocycles. The summed E-state index contributed by atoms with van der Waals surface area (Å²) >= 11 is 0. The van der Waals surface area contributed by atoms with Crippen molar-refractivity contribution in [3.63, 3.8) is 0 Å². The van der Waals surface area contributed by atoms with Crippen LogP contribution in [0.25, 0.3) is 0 Å². The van der Waals surface area contributed by atoms with Gasteiger partial charge in [-0.25, -0.2) is 0 Å². The van der Waals surface area contributed by atoms with Gasteiger partial charge in [0.1, 0.15) is 5.54 Å². The number of amides is 1. The number of likely N-dealkylation sites (N-methyl/N-ethyl adjacent to an activating group) is 1. The normalized spacial score (nSPS) is 25.0. The number of nitrogens with one attached hydrogen (secondary N) is 1. The summed E-state index contributed by atoms with van der Waals surface area (Å²) in [4.78, 5) is 14.2. The molecule has 1 unspecified atom stereocenters. The first kappa shape index (κ1) is 14.8. The smallest absolute Gasteiger partial charge is 0.238 e. The second-order valence-corrected chi connectivity index (χ2v) is 6.68. The van der Waals surface area contributed by atoms with Crippen molar-refractivity contribution in [1.82, 2.24) is 10.2 Å². The van der Waals surface area contributed by atoms with Crippen LogP contribution in [0, 0.1) is 0 Å². The van der Waals surface area contributed by atoms with Crippen molar-refractivity contribution in [3.8, 4) is 0 Å². The molecule has 19 heavy (non-hydrogen) atoms. The fourth-order valence-corrected chi connectivity index (χ4v) is 3.20. The van der Waals surface area contributed by atoms with Crippen LogP contribution >= 0.6 is 0 Å². The third-order valence-electron chi connectivity index (χ3n) is 4.66. The first-order valence-electron chi connectivity index (χ1n) is 7.79. The summed E-state index contributed by atoms with van der Waals surface area (Å²) < 4.78 is 0. The van der Waals surface area contributed by atoms with Crippen molar-refractivity contribution in [3.05, 3.63) is 0 Å². The van der Waals surface area contributed by atoms with E-state index in [0.717, 1.165) is 6.54 Å². The molecule has 0 radical (unpaired) electrons. The average molecular weight is 267 g/mol. The summed E-state index contributed by atoms with van der Waals surface area (Å²) in [5, 5.41) is 3.44. The van der Waals surface area contributed by atoms with E-state index < -0.39 is 5.54 Å². The van der Waals surface area contributed by atoms with E-state index in [9.17, 15) is 4.79 Å². The zero-order valence-electron chi connectivity index (χ0n) is 12.5. The number of primary amides is 1. The zero-order chi connectivity index (χ0) is 13.9. The predicted molar refractivity (Wildman–Crippen MR) is 77.9 cm³/mol. The summed E-state index contributed by atoms with van der Waals surface area (Å²) in [6.07, 6.45) is 10.2. The molecule has 3 N–H and O–H groups in total. The van der Waals surface area contributed by atoms with Gasteiger partial charge >= 0.3 is 0 Å². The van der Waals surface area contributed by atoms with Gasteiger partial charge in [-0.2, -0.15) is 0 Å². The molecule has 4 nitrogen and oxygen atoms in total. The summed E-state index contributed by atoms with van der Waals surface area (Å²) in [5.74, 6) is -0.222. The number of nitrogens with zero attached hydrogens (tertiary/aromatic N) is 1. The molecule has 0 aromatic heterocycles. The molecule has 0 aromatic rings. The lowest BCUT2D eigenvalue weighted by molar-refractivity contribution is -0.124. The van der Waals surface area contributed by atoms with E-state index in [1.807, 2.05) is 6.92 Å². The Bertz CT molecular complexity index is 309. The second kappa shape index (κ2) is 6.23. The highest BCUT2D eigenvalue weighted by Gasteiger charge is 2.38. The maximum Gasteiger partial charge on any atom is 0.238 e. The molecular weight excluding hydrogens is 238 g/mol. The van der Waals surface area contributed by atoms with E-state index in [1.165, 1.54) is 51.4 Å². The van der Waals surface area contributed by atoms with E-state index in [2.05, 4.69) is 17.3 Å². The van der Waals surface area contributed by atoms with Crippen LogP contribution in [0.15, 0.2) is 0 Å². The largest absolute Gasteiger partial charge is 0.368 e. The van der Waals surface area contributed by atoms with Crippen LogP contribution in [0.3, 0.4) is 0 Å². The number of carbonyl (C=O) groups excluding carboxylic acids is 1. The highest BCUT2D eigenvalue weighted by Crippen LogP contribution is 2.25. The maximum absolute atomic E-state index is 11.8. The fourth-order valence-electron chi connectivity index (χ4n) is 3.20. The number of hydrogen-bond donors (Lipinski definition) is 2. The van der Waals surface area contributed by atoms with E-state index in [0.29, 0.717) is 12.1 Å². The molecule has 1 amide bonds. The molecule has 4 heteroatoms. The highest BCUT2D eigenvalue weighted by molar-refractivity contribution is 5.84. The number of rotatable bonds is 6. The minimum Gasteiger partial charge on any atom is -0.368 e. The molecule has 0 saturated heterocycles. The maximum atomic E-state index is 11.8. The minimum atomic E-state index is -0.581. The minimum absolute atomic E-state index is 0.222. The van der Waals surface area contributed by atoms with Gasteiger partial charge in [0, 0.05) is 18.6 Å². The fraction of sp³-hybridized carbons (Fsp3) is 0.933. The van der Waals surface area contributed by atoms with Gasteiger partial charge in [-0.1, -0.05) is 25.7 Å². The quantitative estimate of drug-likeness (QED) is 0.719. The van der Waals surface area contributed by atoms with Crippen LogP contribution in [0.2, 0.25) is 0 Å². The van der Waals surface area contributed by atoms with E-state index in [1.54, 1.807) is 0 Å². The van der Waals surface area contributed by atoms with Crippen molar-refractivity contribution in [2.75, 3.05) is 13.6 Å². The van der Waals surface area contributed by atoms with Crippen molar-refractivity contribution >= 4 is 5.91 Å². The molecule has 0 aromatic carbocycles. The summed E-state index contributed by atoms with van der Waals surface area (Å²) in [6, 6.07) is 1.11. The standard InChI is InChI=1S/C15H29N3O/c1-15(14(16)19,17-12-9-10-12)11-18(2)13-7-5-3-4-6-8-13/h12-13,17H,3-11H2,1-2H3,(H2,16,19). The van der Waals surface area contributed by atoms with Gasteiger partial charge in [-0.3, -0.25) is 10.1 Å². The number of hydrogen-bond acceptors (Lipinski definition) is 3. The third-order valence-corrected chi connectivity index (χ3v) is 4.66. The molecule has 2 saturated carbocycles. The second-order valence-electron chi connectivity index (χ2n) is 6.68. The molecule has 0 bridgehead atoms. The van der Waals surface area contributed by atoms with Crippen LogP contribution in [0.1, 0.15) is 58.3 Å². The van der Waals surface area contributed by atoms with E-state index in [-0.39, 0.29) is 5.91 Å². The Labute approximate surface area is 117 Å². The molecule has 110 valence electrons. The molecule has 2 aliphatic rings. The molecule has 2 aliphatic carbocycles. The third kappa shape index (κ3) is 4.18. The Kier molecular flexibility index (Phi) is 4.85. The summed E-state index contributed by atoms with van der Waals surface area (Å²) in [7, 11) is 2.14. The van der Waals surface area contributed by atoms with E-state index >= 15 is 0 Å². The van der Waals surface area contributed by atoms with Crippen molar-refractivity contribution in [1.29, 1.82) is 0 Å². The van der Waals surface area contributed by atoms with Crippen LogP contribution < -0.4 is 11.1 Å². The topological polar surface area (TPSA) is 58.4 Å². The summed E-state index contributed by atoms with van der Waals surface area (Å²) in [6.45, 7) is 2.68. The lowest BCUT2D eigenvalue weighted by Crippen LogP contribution is -2.60. The van der Waals surface area contributed by atoms with Gasteiger partial charge in [-0.15, -0.1) is 0 Å². The van der Waals surface area contributed by atoms with E-state index in [4.69, 9.17) is 5.73 Å². The van der Waals surface area contributed by atoms with Gasteiger partial charge in [0.25, 0.3) is 0 Å². The Balaban J connectivity index is 1.92. The molecule has 2 fully saturated rings. The average Bonchev–Trinajstić information content (AvgIpc) is 3.14. The zero-order valence-corrected chi connectivity index (χ0v) is 12.5. The van der Waals surface area contributed by atoms with Gasteiger partial charge in [-0.05, 0) is 39.7 Å². The van der Waals surface area contributed by atoms with Gasteiger partial charge < -0.3 is 10.6 Å². The Morgan fingerprint density at radius 2 is 1.79 bits per heavy atom. The molecule has 0 spiro atoms. The SMILES string of the molecule is CN(CC(C)(NC1CC1)C(N)=O)C1CCCCCC1. The Morgan fingerprint density at radius 1 is 1.21 bits per heavy atom. The Morgan fingerprint density at radius 3 is 2.26 bits per heavy atom. The Hall–Kier alpha value is -0.610. The van der Waals surface area contributed by atoms with Crippen molar-refractivity contribution in [2.45, 2.75) is 75.9 Å². The van der Waals surface area contributed by atoms with Crippen LogP contribution in [-0.2, 0) is 4.79 Å². The summed E-state index contributed by atoms with van der Waals surface area (Å²) in [5.41, 5.74) is 5.05. The van der Waals surface area contributed by atoms with Crippen LogP contribution in [-0.4, -0.2) is 42.0 Å². The van der Waals surface area contributed by atoms with Gasteiger partial charge in [0.2, 0.25) is 5.91 Å². The number of nitrogens with two attached hydrogens (primary N) is 1. The predicted octanol–water partition coefficient (Wildman–Crippen LogP) is 1.64. The monoisotopic (exact) mass is 267 g/mol. The van der Waals surface area contributed by atoms with Crippen LogP contribution in [0.4, 0.5) is 0 Å². The van der Waals surface area contributed by atoms with Gasteiger partial charge in [0.05, 0.1) is 0 Å². The van der Waals surface area contributed by atoms with Crippen LogP contribution in [0.5, 0.6) is 0 Å². The lowest BCUT2D eigenvalue weighted by Gasteiger charge is -2.36. The lowest BCUT2D eigenvalue weighted by atomic mass is 9.98. The number of carbonyl (C=O) groups is 1. The first-order chi connectivity index (χ1) is 9.01. The highest BCUT2D eigenvalue weighted by atomic mass is 16.1. The van der Waals surface area contributed by atoms with Crippen molar-refractivity contribution < 1.29 is 4.79 Å². The van der Waals surface area contributed by atoms with Gasteiger partial charge in [0.15, 0.2) is 0 Å².